The monoisotopic (exact) mass is 268 g/mol. The summed E-state index contributed by atoms with van der Waals surface area (Å²) in [7, 11) is 1.97. The van der Waals surface area contributed by atoms with Gasteiger partial charge in [-0.05, 0) is 13.8 Å². The second kappa shape index (κ2) is 4.98. The van der Waals surface area contributed by atoms with Gasteiger partial charge in [-0.1, -0.05) is 11.6 Å². The molecule has 0 saturated heterocycles. The van der Waals surface area contributed by atoms with Crippen molar-refractivity contribution in [2.45, 2.75) is 20.4 Å². The number of nitrogens with zero attached hydrogens (tertiary/aromatic N) is 4. The van der Waals surface area contributed by atoms with E-state index in [1.165, 1.54) is 0 Å². The van der Waals surface area contributed by atoms with Crippen LogP contribution < -0.4 is 4.90 Å². The van der Waals surface area contributed by atoms with Crippen LogP contribution in [0.2, 0.25) is 5.15 Å². The smallest absolute Gasteiger partial charge is 0.134 e. The third-order valence-electron chi connectivity index (χ3n) is 2.25. The molecule has 2 rings (SSSR count). The lowest BCUT2D eigenvalue weighted by molar-refractivity contribution is 0.857. The molecule has 0 aliphatic rings. The van der Waals surface area contributed by atoms with Gasteiger partial charge in [0.25, 0.3) is 0 Å². The summed E-state index contributed by atoms with van der Waals surface area (Å²) in [5.41, 5.74) is 1.04. The summed E-state index contributed by atoms with van der Waals surface area (Å²) in [6.45, 7) is 4.55. The molecule has 4 nitrogen and oxygen atoms in total. The maximum atomic E-state index is 5.91. The van der Waals surface area contributed by atoms with E-state index in [1.807, 2.05) is 25.8 Å². The fraction of sp³-hybridized carbons (Fsp3) is 0.364. The van der Waals surface area contributed by atoms with Gasteiger partial charge >= 0.3 is 0 Å². The fourth-order valence-electron chi connectivity index (χ4n) is 1.52. The summed E-state index contributed by atoms with van der Waals surface area (Å²) in [5.74, 6) is 1.49. The number of aryl methyl sites for hydroxylation is 2. The number of rotatable bonds is 3. The molecule has 2 aromatic rings. The van der Waals surface area contributed by atoms with E-state index in [0.29, 0.717) is 11.0 Å². The van der Waals surface area contributed by atoms with Gasteiger partial charge in [0.15, 0.2) is 0 Å². The van der Waals surface area contributed by atoms with Crippen LogP contribution in [-0.4, -0.2) is 22.0 Å². The minimum absolute atomic E-state index is 0.466. The van der Waals surface area contributed by atoms with Crippen LogP contribution in [0, 0.1) is 13.8 Å². The first kappa shape index (κ1) is 12.3. The molecule has 0 unspecified atom stereocenters. The highest BCUT2D eigenvalue weighted by molar-refractivity contribution is 7.09. The van der Waals surface area contributed by atoms with Crippen LogP contribution >= 0.6 is 22.9 Å². The Kier molecular flexibility index (Phi) is 3.59. The maximum Gasteiger partial charge on any atom is 0.134 e. The van der Waals surface area contributed by atoms with E-state index in [-0.39, 0.29) is 0 Å². The second-order valence-corrected chi connectivity index (χ2v) is 5.26. The van der Waals surface area contributed by atoms with Crippen molar-refractivity contribution in [1.82, 2.24) is 15.0 Å². The molecule has 2 aromatic heterocycles. The molecule has 0 N–H and O–H groups in total. The standard InChI is InChI=1S/C11H13ClN4S/c1-7-13-10(12)4-11(14-7)16(3)5-9-6-17-8(2)15-9/h4,6H,5H2,1-3H3. The molecule has 0 aliphatic heterocycles. The van der Waals surface area contributed by atoms with Crippen LogP contribution in [-0.2, 0) is 6.54 Å². The molecular weight excluding hydrogens is 256 g/mol. The predicted molar refractivity (Wildman–Crippen MR) is 70.7 cm³/mol. The summed E-state index contributed by atoms with van der Waals surface area (Å²) >= 11 is 7.56. The first-order valence-electron chi connectivity index (χ1n) is 5.18. The van der Waals surface area contributed by atoms with Crippen molar-refractivity contribution in [1.29, 1.82) is 0 Å². The molecule has 0 amide bonds. The molecule has 17 heavy (non-hydrogen) atoms. The predicted octanol–water partition coefficient (Wildman–Crippen LogP) is 2.84. The topological polar surface area (TPSA) is 41.9 Å². The van der Waals surface area contributed by atoms with Crippen molar-refractivity contribution in [3.8, 4) is 0 Å². The van der Waals surface area contributed by atoms with Crippen LogP contribution in [0.1, 0.15) is 16.5 Å². The van der Waals surface area contributed by atoms with Crippen molar-refractivity contribution in [2.24, 2.45) is 0 Å². The van der Waals surface area contributed by atoms with E-state index in [4.69, 9.17) is 11.6 Å². The van der Waals surface area contributed by atoms with Crippen LogP contribution in [0.25, 0.3) is 0 Å². The molecule has 0 radical (unpaired) electrons. The Labute approximate surface area is 109 Å². The molecule has 0 saturated carbocycles. The zero-order chi connectivity index (χ0) is 12.4. The minimum Gasteiger partial charge on any atom is -0.354 e. The van der Waals surface area contributed by atoms with E-state index >= 15 is 0 Å². The highest BCUT2D eigenvalue weighted by atomic mass is 35.5. The molecule has 0 atom stereocenters. The van der Waals surface area contributed by atoms with Crippen LogP contribution in [0.15, 0.2) is 11.4 Å². The van der Waals surface area contributed by atoms with Crippen LogP contribution in [0.3, 0.4) is 0 Å². The fourth-order valence-corrected chi connectivity index (χ4v) is 2.34. The van der Waals surface area contributed by atoms with Crippen molar-refractivity contribution < 1.29 is 0 Å². The maximum absolute atomic E-state index is 5.91. The highest BCUT2D eigenvalue weighted by Gasteiger charge is 2.08. The largest absolute Gasteiger partial charge is 0.354 e. The normalized spacial score (nSPS) is 10.6. The van der Waals surface area contributed by atoms with Crippen molar-refractivity contribution in [2.75, 3.05) is 11.9 Å². The Bertz CT molecular complexity index is 506. The van der Waals surface area contributed by atoms with Gasteiger partial charge in [-0.15, -0.1) is 11.3 Å². The van der Waals surface area contributed by atoms with Gasteiger partial charge in [-0.25, -0.2) is 15.0 Å². The van der Waals surface area contributed by atoms with Gasteiger partial charge < -0.3 is 4.90 Å². The third-order valence-corrected chi connectivity index (χ3v) is 3.27. The van der Waals surface area contributed by atoms with Gasteiger partial charge in [0.2, 0.25) is 0 Å². The van der Waals surface area contributed by atoms with Crippen LogP contribution in [0.5, 0.6) is 0 Å². The zero-order valence-electron chi connectivity index (χ0n) is 9.94. The number of hydrogen-bond acceptors (Lipinski definition) is 5. The molecule has 0 spiro atoms. The van der Waals surface area contributed by atoms with Crippen LogP contribution in [0.4, 0.5) is 5.82 Å². The summed E-state index contributed by atoms with van der Waals surface area (Å²) < 4.78 is 0. The molecule has 0 aliphatic carbocycles. The Balaban J connectivity index is 2.16. The van der Waals surface area contributed by atoms with E-state index in [0.717, 1.165) is 23.1 Å². The summed E-state index contributed by atoms with van der Waals surface area (Å²) in [5, 5.41) is 3.60. The average molecular weight is 269 g/mol. The Hall–Kier alpha value is -1.20. The third kappa shape index (κ3) is 3.14. The zero-order valence-corrected chi connectivity index (χ0v) is 11.5. The minimum atomic E-state index is 0.466. The Morgan fingerprint density at radius 1 is 1.29 bits per heavy atom. The van der Waals surface area contributed by atoms with E-state index < -0.39 is 0 Å². The average Bonchev–Trinajstić information content (AvgIpc) is 2.62. The van der Waals surface area contributed by atoms with Crippen molar-refractivity contribution in [3.05, 3.63) is 33.1 Å². The molecule has 2 heterocycles. The summed E-state index contributed by atoms with van der Waals surface area (Å²) in [4.78, 5) is 14.8. The van der Waals surface area contributed by atoms with E-state index in [2.05, 4.69) is 20.3 Å². The molecular formula is C11H13ClN4S. The van der Waals surface area contributed by atoms with Gasteiger partial charge in [0.05, 0.1) is 17.2 Å². The lowest BCUT2D eigenvalue weighted by atomic mass is 10.4. The van der Waals surface area contributed by atoms with Gasteiger partial charge in [0.1, 0.15) is 16.8 Å². The lowest BCUT2D eigenvalue weighted by Crippen LogP contribution is -2.18. The first-order valence-corrected chi connectivity index (χ1v) is 6.43. The number of thiazole rings is 1. The molecule has 0 bridgehead atoms. The Morgan fingerprint density at radius 2 is 2.06 bits per heavy atom. The summed E-state index contributed by atoms with van der Waals surface area (Å²) in [6, 6.07) is 1.76. The van der Waals surface area contributed by atoms with Gasteiger partial charge in [0, 0.05) is 18.5 Å². The number of aromatic nitrogens is 3. The van der Waals surface area contributed by atoms with E-state index in [1.54, 1.807) is 17.4 Å². The first-order chi connectivity index (χ1) is 8.04. The quantitative estimate of drug-likeness (QED) is 0.803. The van der Waals surface area contributed by atoms with E-state index in [9.17, 15) is 0 Å². The number of anilines is 1. The highest BCUT2D eigenvalue weighted by Crippen LogP contribution is 2.17. The lowest BCUT2D eigenvalue weighted by Gasteiger charge is -2.17. The SMILES string of the molecule is Cc1nc(Cl)cc(N(C)Cc2csc(C)n2)n1. The number of hydrogen-bond donors (Lipinski definition) is 0. The van der Waals surface area contributed by atoms with Gasteiger partial charge in [-0.3, -0.25) is 0 Å². The molecule has 0 aromatic carbocycles. The second-order valence-electron chi connectivity index (χ2n) is 3.81. The molecule has 90 valence electrons. The molecule has 6 heteroatoms. The van der Waals surface area contributed by atoms with Crippen molar-refractivity contribution >= 4 is 28.8 Å². The van der Waals surface area contributed by atoms with Crippen molar-refractivity contribution in [3.63, 3.8) is 0 Å². The van der Waals surface area contributed by atoms with Gasteiger partial charge in [-0.2, -0.15) is 0 Å². The molecule has 0 fully saturated rings. The Morgan fingerprint density at radius 3 is 2.65 bits per heavy atom. The number of halogens is 1. The summed E-state index contributed by atoms with van der Waals surface area (Å²) in [6.07, 6.45) is 0.